The molecule has 2 aliphatic rings. The minimum atomic E-state index is 0.0767. The standard InChI is InChI=1S/C13H25N3O2/c1-2-16-5-6-18-12(10-16)8-15-13(17)9-14-7-11-3-4-11/h11-12,14H,2-10H2,1H3,(H,15,17). The number of amides is 1. The summed E-state index contributed by atoms with van der Waals surface area (Å²) >= 11 is 0. The number of carbonyl (C=O) groups is 1. The zero-order valence-electron chi connectivity index (χ0n) is 11.3. The quantitative estimate of drug-likeness (QED) is 0.663. The fourth-order valence-corrected chi connectivity index (χ4v) is 2.19. The van der Waals surface area contributed by atoms with Crippen LogP contribution in [-0.2, 0) is 9.53 Å². The van der Waals surface area contributed by atoms with Crippen LogP contribution in [0.15, 0.2) is 0 Å². The Labute approximate surface area is 109 Å². The lowest BCUT2D eigenvalue weighted by Gasteiger charge is -2.32. The molecular formula is C13H25N3O2. The van der Waals surface area contributed by atoms with Crippen LogP contribution in [0.5, 0.6) is 0 Å². The average molecular weight is 255 g/mol. The summed E-state index contributed by atoms with van der Waals surface area (Å²) in [4.78, 5) is 13.9. The number of carbonyl (C=O) groups excluding carboxylic acids is 1. The highest BCUT2D eigenvalue weighted by Crippen LogP contribution is 2.27. The first-order valence-electron chi connectivity index (χ1n) is 7.09. The first-order chi connectivity index (χ1) is 8.78. The second-order valence-corrected chi connectivity index (χ2v) is 5.26. The fraction of sp³-hybridized carbons (Fsp3) is 0.923. The predicted molar refractivity (Wildman–Crippen MR) is 70.5 cm³/mol. The second-order valence-electron chi connectivity index (χ2n) is 5.26. The number of rotatable bonds is 7. The van der Waals surface area contributed by atoms with Gasteiger partial charge in [0.25, 0.3) is 0 Å². The van der Waals surface area contributed by atoms with Crippen molar-refractivity contribution in [2.24, 2.45) is 5.92 Å². The molecule has 1 saturated heterocycles. The molecule has 1 aliphatic heterocycles. The molecular weight excluding hydrogens is 230 g/mol. The molecule has 1 unspecified atom stereocenters. The zero-order chi connectivity index (χ0) is 12.8. The first-order valence-corrected chi connectivity index (χ1v) is 7.09. The zero-order valence-corrected chi connectivity index (χ0v) is 11.3. The number of nitrogens with zero attached hydrogens (tertiary/aromatic N) is 1. The maximum atomic E-state index is 11.6. The molecule has 2 N–H and O–H groups in total. The normalized spacial score (nSPS) is 25.1. The molecule has 0 bridgehead atoms. The monoisotopic (exact) mass is 255 g/mol. The maximum absolute atomic E-state index is 11.6. The smallest absolute Gasteiger partial charge is 0.234 e. The van der Waals surface area contributed by atoms with E-state index in [1.54, 1.807) is 0 Å². The highest BCUT2D eigenvalue weighted by Gasteiger charge is 2.21. The SMILES string of the molecule is CCN1CCOC(CNC(=O)CNCC2CC2)C1. The van der Waals surface area contributed by atoms with Gasteiger partial charge in [-0.25, -0.2) is 0 Å². The van der Waals surface area contributed by atoms with Crippen LogP contribution >= 0.6 is 0 Å². The predicted octanol–water partition coefficient (Wildman–Crippen LogP) is -0.177. The minimum Gasteiger partial charge on any atom is -0.374 e. The number of morpholine rings is 1. The van der Waals surface area contributed by atoms with Crippen LogP contribution in [0.25, 0.3) is 0 Å². The van der Waals surface area contributed by atoms with E-state index in [1.807, 2.05) is 0 Å². The summed E-state index contributed by atoms with van der Waals surface area (Å²) in [5, 5.41) is 6.13. The van der Waals surface area contributed by atoms with Gasteiger partial charge in [0, 0.05) is 19.6 Å². The van der Waals surface area contributed by atoms with Crippen molar-refractivity contribution in [1.82, 2.24) is 15.5 Å². The molecule has 18 heavy (non-hydrogen) atoms. The largest absolute Gasteiger partial charge is 0.374 e. The Bertz CT molecular complexity index is 269. The Hall–Kier alpha value is -0.650. The van der Waals surface area contributed by atoms with Crippen LogP contribution in [-0.4, -0.2) is 62.8 Å². The van der Waals surface area contributed by atoms with Crippen molar-refractivity contribution in [1.29, 1.82) is 0 Å². The van der Waals surface area contributed by atoms with Crippen molar-refractivity contribution in [2.75, 3.05) is 45.9 Å². The Morgan fingerprint density at radius 3 is 2.94 bits per heavy atom. The summed E-state index contributed by atoms with van der Waals surface area (Å²) in [6.45, 7) is 7.95. The van der Waals surface area contributed by atoms with Crippen molar-refractivity contribution in [3.8, 4) is 0 Å². The van der Waals surface area contributed by atoms with Gasteiger partial charge in [0.15, 0.2) is 0 Å². The van der Waals surface area contributed by atoms with Gasteiger partial charge < -0.3 is 15.4 Å². The lowest BCUT2D eigenvalue weighted by Crippen LogP contribution is -2.48. The molecule has 2 rings (SSSR count). The van der Waals surface area contributed by atoms with Gasteiger partial charge in [0.2, 0.25) is 5.91 Å². The van der Waals surface area contributed by atoms with Gasteiger partial charge in [0.05, 0.1) is 19.3 Å². The number of likely N-dealkylation sites (N-methyl/N-ethyl adjacent to an activating group) is 1. The average Bonchev–Trinajstić information content (AvgIpc) is 3.21. The van der Waals surface area contributed by atoms with Gasteiger partial charge in [0.1, 0.15) is 0 Å². The Morgan fingerprint density at radius 2 is 2.22 bits per heavy atom. The Balaban J connectivity index is 1.53. The van der Waals surface area contributed by atoms with E-state index >= 15 is 0 Å². The summed E-state index contributed by atoms with van der Waals surface area (Å²) in [5.41, 5.74) is 0. The van der Waals surface area contributed by atoms with Crippen LogP contribution in [0.2, 0.25) is 0 Å². The Kier molecular flexibility index (Phi) is 5.41. The molecule has 1 amide bonds. The van der Waals surface area contributed by atoms with E-state index in [1.165, 1.54) is 12.8 Å². The number of hydrogen-bond donors (Lipinski definition) is 2. The van der Waals surface area contributed by atoms with Gasteiger partial charge in [-0.15, -0.1) is 0 Å². The van der Waals surface area contributed by atoms with Crippen LogP contribution in [0.3, 0.4) is 0 Å². The molecule has 0 spiro atoms. The van der Waals surface area contributed by atoms with Crippen LogP contribution in [0, 0.1) is 5.92 Å². The van der Waals surface area contributed by atoms with Crippen LogP contribution < -0.4 is 10.6 Å². The lowest BCUT2D eigenvalue weighted by molar-refractivity contribution is -0.121. The minimum absolute atomic E-state index is 0.0767. The Morgan fingerprint density at radius 1 is 1.39 bits per heavy atom. The van der Waals surface area contributed by atoms with Gasteiger partial charge in [-0.3, -0.25) is 9.69 Å². The molecule has 0 aromatic heterocycles. The molecule has 0 radical (unpaired) electrons. The highest BCUT2D eigenvalue weighted by atomic mass is 16.5. The van der Waals surface area contributed by atoms with Crippen molar-refractivity contribution < 1.29 is 9.53 Å². The van der Waals surface area contributed by atoms with Crippen LogP contribution in [0.4, 0.5) is 0 Å². The summed E-state index contributed by atoms with van der Waals surface area (Å²) < 4.78 is 5.64. The fourth-order valence-electron chi connectivity index (χ4n) is 2.19. The summed E-state index contributed by atoms with van der Waals surface area (Å²) in [7, 11) is 0. The topological polar surface area (TPSA) is 53.6 Å². The molecule has 1 aliphatic carbocycles. The lowest BCUT2D eigenvalue weighted by atomic mass is 10.2. The van der Waals surface area contributed by atoms with E-state index < -0.39 is 0 Å². The summed E-state index contributed by atoms with van der Waals surface area (Å²) in [6, 6.07) is 0. The molecule has 2 fully saturated rings. The van der Waals surface area contributed by atoms with Crippen molar-refractivity contribution in [3.05, 3.63) is 0 Å². The highest BCUT2D eigenvalue weighted by molar-refractivity contribution is 5.77. The molecule has 5 nitrogen and oxygen atoms in total. The third kappa shape index (κ3) is 4.92. The molecule has 5 heteroatoms. The van der Waals surface area contributed by atoms with E-state index in [0.717, 1.165) is 38.7 Å². The first kappa shape index (κ1) is 13.8. The van der Waals surface area contributed by atoms with Crippen molar-refractivity contribution in [3.63, 3.8) is 0 Å². The van der Waals surface area contributed by atoms with Gasteiger partial charge in [-0.2, -0.15) is 0 Å². The molecule has 0 aromatic rings. The molecule has 1 heterocycles. The maximum Gasteiger partial charge on any atom is 0.234 e. The van der Waals surface area contributed by atoms with E-state index in [-0.39, 0.29) is 12.0 Å². The van der Waals surface area contributed by atoms with E-state index in [0.29, 0.717) is 13.1 Å². The van der Waals surface area contributed by atoms with Gasteiger partial charge in [-0.1, -0.05) is 6.92 Å². The molecule has 104 valence electrons. The summed E-state index contributed by atoms with van der Waals surface area (Å²) in [5.74, 6) is 0.894. The number of ether oxygens (including phenoxy) is 1. The van der Waals surface area contributed by atoms with Gasteiger partial charge in [-0.05, 0) is 31.8 Å². The third-order valence-corrected chi connectivity index (χ3v) is 3.61. The molecule has 1 atom stereocenters. The summed E-state index contributed by atoms with van der Waals surface area (Å²) in [6.07, 6.45) is 2.78. The third-order valence-electron chi connectivity index (χ3n) is 3.61. The number of hydrogen-bond acceptors (Lipinski definition) is 4. The molecule has 0 aromatic carbocycles. The van der Waals surface area contributed by atoms with E-state index in [2.05, 4.69) is 22.5 Å². The van der Waals surface area contributed by atoms with Crippen molar-refractivity contribution >= 4 is 5.91 Å². The van der Waals surface area contributed by atoms with Crippen LogP contribution in [0.1, 0.15) is 19.8 Å². The van der Waals surface area contributed by atoms with Gasteiger partial charge >= 0.3 is 0 Å². The second kappa shape index (κ2) is 7.07. The van der Waals surface area contributed by atoms with E-state index in [9.17, 15) is 4.79 Å². The van der Waals surface area contributed by atoms with Crippen molar-refractivity contribution in [2.45, 2.75) is 25.9 Å². The van der Waals surface area contributed by atoms with E-state index in [4.69, 9.17) is 4.74 Å². The number of nitrogens with one attached hydrogen (secondary N) is 2. The molecule has 1 saturated carbocycles.